The zero-order chi connectivity index (χ0) is 22.1. The topological polar surface area (TPSA) is 83.4 Å². The smallest absolute Gasteiger partial charge is 0.386 e. The minimum atomic E-state index is -4.07. The van der Waals surface area contributed by atoms with Crippen LogP contribution >= 0.6 is 42.4 Å². The number of para-hydroxylation sites is 1. The van der Waals surface area contributed by atoms with Gasteiger partial charge in [-0.2, -0.15) is 0 Å². The Morgan fingerprint density at radius 2 is 1.63 bits per heavy atom. The Kier molecular flexibility index (Phi) is 9.62. The summed E-state index contributed by atoms with van der Waals surface area (Å²) in [7, 11) is -4.07. The molecule has 7 nitrogen and oxygen atoms in total. The molecule has 0 spiro atoms. The molecule has 2 aromatic carbocycles. The van der Waals surface area contributed by atoms with Crippen LogP contribution in [0.2, 0.25) is 15.1 Å². The van der Waals surface area contributed by atoms with Crippen molar-refractivity contribution in [1.82, 2.24) is 0 Å². The summed E-state index contributed by atoms with van der Waals surface area (Å²) in [5.41, 5.74) is -0.550. The zero-order valence-corrected chi connectivity index (χ0v) is 19.3. The molecule has 0 atom stereocenters. The number of oxime groups is 1. The van der Waals surface area contributed by atoms with Crippen LogP contribution in [0.5, 0.6) is 11.5 Å². The van der Waals surface area contributed by atoms with E-state index in [-0.39, 0.29) is 34.8 Å². The van der Waals surface area contributed by atoms with E-state index in [4.69, 9.17) is 53.4 Å². The van der Waals surface area contributed by atoms with E-state index < -0.39 is 25.4 Å². The van der Waals surface area contributed by atoms with E-state index in [1.165, 1.54) is 24.3 Å². The van der Waals surface area contributed by atoms with E-state index in [2.05, 4.69) is 5.16 Å². The lowest BCUT2D eigenvalue weighted by molar-refractivity contribution is -0.114. The van der Waals surface area contributed by atoms with Crippen molar-refractivity contribution in [3.63, 3.8) is 0 Å². The lowest BCUT2D eigenvalue weighted by atomic mass is 10.3. The van der Waals surface area contributed by atoms with E-state index in [0.29, 0.717) is 5.02 Å². The first-order valence-corrected chi connectivity index (χ1v) is 11.5. The lowest BCUT2D eigenvalue weighted by Gasteiger charge is -2.18. The number of Topliss-reactive ketones (excluding diaryl/α,β-unsaturated/α-hetero) is 1. The fourth-order valence-corrected chi connectivity index (χ4v) is 4.11. The van der Waals surface area contributed by atoms with Gasteiger partial charge in [0.25, 0.3) is 0 Å². The molecule has 0 unspecified atom stereocenters. The Labute approximate surface area is 189 Å². The number of ether oxygens (including phenoxy) is 1. The molecule has 0 heterocycles. The Balaban J connectivity index is 2.29. The molecule has 30 heavy (non-hydrogen) atoms. The van der Waals surface area contributed by atoms with E-state index in [0.717, 1.165) is 0 Å². The van der Waals surface area contributed by atoms with Crippen molar-refractivity contribution in [3.05, 3.63) is 57.5 Å². The van der Waals surface area contributed by atoms with Crippen molar-refractivity contribution in [3.8, 4) is 11.5 Å². The summed E-state index contributed by atoms with van der Waals surface area (Å²) in [4.78, 5) is 18.1. The summed E-state index contributed by atoms with van der Waals surface area (Å²) in [6.45, 7) is 2.73. The average Bonchev–Trinajstić information content (AvgIpc) is 2.70. The Hall–Kier alpha value is -1.60. The number of ketones is 1. The minimum absolute atomic E-state index is 0.0172. The Morgan fingerprint density at radius 3 is 2.23 bits per heavy atom. The van der Waals surface area contributed by atoms with Crippen LogP contribution in [0.4, 0.5) is 0 Å². The average molecular weight is 495 g/mol. The molecule has 2 rings (SSSR count). The van der Waals surface area contributed by atoms with Crippen molar-refractivity contribution in [2.24, 2.45) is 5.16 Å². The molecular weight excluding hydrogens is 476 g/mol. The quantitative estimate of drug-likeness (QED) is 0.208. The molecule has 0 saturated carbocycles. The fraction of sp³-hybridized carbons (Fsp3) is 0.263. The minimum Gasteiger partial charge on any atom is -0.485 e. The number of carbonyl (C=O) groups is 1. The van der Waals surface area contributed by atoms with Crippen LogP contribution in [-0.4, -0.2) is 31.1 Å². The van der Waals surface area contributed by atoms with Gasteiger partial charge in [-0.15, -0.1) is 0 Å². The van der Waals surface area contributed by atoms with Crippen molar-refractivity contribution in [2.45, 2.75) is 13.8 Å². The first kappa shape index (κ1) is 24.7. The van der Waals surface area contributed by atoms with Gasteiger partial charge in [-0.25, -0.2) is 0 Å². The van der Waals surface area contributed by atoms with E-state index in [9.17, 15) is 9.36 Å². The van der Waals surface area contributed by atoms with Gasteiger partial charge in [-0.3, -0.25) is 9.36 Å². The first-order valence-electron chi connectivity index (χ1n) is 8.81. The van der Waals surface area contributed by atoms with Crippen molar-refractivity contribution in [2.75, 3.05) is 19.8 Å². The largest absolute Gasteiger partial charge is 0.485 e. The van der Waals surface area contributed by atoms with Gasteiger partial charge in [0.15, 0.2) is 12.4 Å². The van der Waals surface area contributed by atoms with Crippen LogP contribution < -0.4 is 9.57 Å². The second-order valence-corrected chi connectivity index (χ2v) is 8.71. The Morgan fingerprint density at radius 1 is 0.967 bits per heavy atom. The summed E-state index contributed by atoms with van der Waals surface area (Å²) in [6.07, 6.45) is 0. The number of carbonyl (C=O) groups excluding carboxylic acids is 1. The van der Waals surface area contributed by atoms with Crippen LogP contribution in [0.25, 0.3) is 0 Å². The summed E-state index contributed by atoms with van der Waals surface area (Å²) in [5.74, 6) is -0.320. The predicted octanol–water partition coefficient (Wildman–Crippen LogP) is 6.25. The highest BCUT2D eigenvalue weighted by Crippen LogP contribution is 2.50. The molecule has 0 bridgehead atoms. The van der Waals surface area contributed by atoms with E-state index in [1.54, 1.807) is 32.0 Å². The van der Waals surface area contributed by atoms with Crippen LogP contribution in [0.15, 0.2) is 47.6 Å². The van der Waals surface area contributed by atoms with Gasteiger partial charge in [0.1, 0.15) is 5.75 Å². The molecule has 0 aliphatic carbocycles. The number of rotatable bonds is 11. The number of nitrogens with zero attached hydrogens (tertiary/aromatic N) is 1. The third-order valence-corrected chi connectivity index (χ3v) is 6.53. The third-order valence-electron chi connectivity index (χ3n) is 3.44. The molecule has 0 saturated heterocycles. The lowest BCUT2D eigenvalue weighted by Crippen LogP contribution is -2.24. The molecule has 0 N–H and O–H groups in total. The molecule has 0 aliphatic heterocycles. The van der Waals surface area contributed by atoms with Crippen LogP contribution in [0.3, 0.4) is 0 Å². The molecule has 0 amide bonds. The molecule has 0 fully saturated rings. The number of halogens is 3. The molecule has 0 aromatic heterocycles. The van der Waals surface area contributed by atoms with Crippen molar-refractivity contribution in [1.29, 1.82) is 0 Å². The molecular formula is C19H19Cl3NO6P. The maximum absolute atomic E-state index is 13.2. The SMILES string of the molecule is CCOP(=O)(OCC)C(=NOc1ccccc1Cl)C(=O)COc1ccc(Cl)c(Cl)c1. The normalized spacial score (nSPS) is 12.0. The maximum atomic E-state index is 13.2. The van der Waals surface area contributed by atoms with Crippen molar-refractivity contribution < 1.29 is 28.0 Å². The van der Waals surface area contributed by atoms with E-state index >= 15 is 0 Å². The molecule has 162 valence electrons. The van der Waals surface area contributed by atoms with Gasteiger partial charge < -0.3 is 18.6 Å². The zero-order valence-electron chi connectivity index (χ0n) is 16.1. The van der Waals surface area contributed by atoms with Gasteiger partial charge in [-0.05, 0) is 38.1 Å². The summed E-state index contributed by atoms with van der Waals surface area (Å²) in [5, 5.41) is 4.60. The third kappa shape index (κ3) is 6.71. The molecule has 11 heteroatoms. The predicted molar refractivity (Wildman–Crippen MR) is 117 cm³/mol. The van der Waals surface area contributed by atoms with Gasteiger partial charge >= 0.3 is 7.60 Å². The first-order chi connectivity index (χ1) is 14.3. The van der Waals surface area contributed by atoms with Gasteiger partial charge in [-0.1, -0.05) is 52.1 Å². The second-order valence-electron chi connectivity index (χ2n) is 5.56. The summed E-state index contributed by atoms with van der Waals surface area (Å²) >= 11 is 17.8. The standard InChI is InChI=1S/C19H19Cl3NO6P/c1-3-27-30(25,28-4-2)19(23-29-18-8-6-5-7-15(18)21)17(24)12-26-13-9-10-14(20)16(22)11-13/h5-11H,3-4,12H2,1-2H3. The molecule has 0 radical (unpaired) electrons. The van der Waals surface area contributed by atoms with Crippen molar-refractivity contribution >= 4 is 53.6 Å². The second kappa shape index (κ2) is 11.7. The van der Waals surface area contributed by atoms with Crippen LogP contribution in [-0.2, 0) is 18.4 Å². The highest BCUT2D eigenvalue weighted by atomic mass is 35.5. The summed E-state index contributed by atoms with van der Waals surface area (Å²) in [6, 6.07) is 11.0. The maximum Gasteiger partial charge on any atom is 0.386 e. The highest BCUT2D eigenvalue weighted by molar-refractivity contribution is 7.75. The monoisotopic (exact) mass is 493 g/mol. The van der Waals surface area contributed by atoms with E-state index in [1.807, 2.05) is 0 Å². The highest BCUT2D eigenvalue weighted by Gasteiger charge is 2.38. The summed E-state index contributed by atoms with van der Waals surface area (Å²) < 4.78 is 29.1. The van der Waals surface area contributed by atoms with Gasteiger partial charge in [0.05, 0.1) is 28.3 Å². The van der Waals surface area contributed by atoms with Crippen LogP contribution in [0, 0.1) is 0 Å². The fourth-order valence-electron chi connectivity index (χ4n) is 2.14. The molecule has 0 aliphatic rings. The van der Waals surface area contributed by atoms with Crippen LogP contribution in [0.1, 0.15) is 13.8 Å². The number of hydrogen-bond donors (Lipinski definition) is 0. The number of hydrogen-bond acceptors (Lipinski definition) is 7. The molecule has 2 aromatic rings. The van der Waals surface area contributed by atoms with Gasteiger partial charge in [0.2, 0.25) is 11.2 Å². The Bertz CT molecular complexity index is 959. The number of benzene rings is 2. The van der Waals surface area contributed by atoms with Gasteiger partial charge in [0, 0.05) is 6.07 Å².